The minimum atomic E-state index is -4.99. The minimum absolute atomic E-state index is 0.106. The van der Waals surface area contributed by atoms with E-state index >= 15 is 16.8 Å². The molecule has 0 aliphatic heterocycles. The lowest BCUT2D eigenvalue weighted by Gasteiger charge is -2.38. The van der Waals surface area contributed by atoms with E-state index in [0.29, 0.717) is 45.0 Å². The SMILES string of the molecule is COc1ccc(CN(Cc2ccc(OC)cc2)S(=O)(=O)c2c(S(=O)(=O)C[C@H](C)N(C(=O)O)C(C)(C)C)ccc(-c3cccc4c3nc(N)n4C)c2-c2nnn(Cc3ccc(OC)cc3)n2)cc1. The second-order valence-corrected chi connectivity index (χ2v) is 20.8. The molecule has 7 rings (SSSR count). The van der Waals surface area contributed by atoms with Gasteiger partial charge in [-0.3, -0.25) is 4.90 Å². The quantitative estimate of drug-likeness (QED) is 0.0949. The molecule has 0 spiro atoms. The second-order valence-electron chi connectivity index (χ2n) is 16.9. The van der Waals surface area contributed by atoms with Crippen LogP contribution >= 0.6 is 0 Å². The van der Waals surface area contributed by atoms with Gasteiger partial charge in [0.05, 0.1) is 55.1 Å². The highest BCUT2D eigenvalue weighted by Crippen LogP contribution is 2.44. The first-order valence-corrected chi connectivity index (χ1v) is 24.2. The molecule has 67 heavy (non-hydrogen) atoms. The highest BCUT2D eigenvalue weighted by Gasteiger charge is 2.40. The fourth-order valence-electron chi connectivity index (χ4n) is 8.11. The van der Waals surface area contributed by atoms with Crippen LogP contribution in [0.4, 0.5) is 10.7 Å². The molecule has 20 heteroatoms. The summed E-state index contributed by atoms with van der Waals surface area (Å²) in [5.41, 5.74) is 8.67. The van der Waals surface area contributed by atoms with Gasteiger partial charge in [0.2, 0.25) is 21.8 Å². The van der Waals surface area contributed by atoms with Gasteiger partial charge in [-0.1, -0.05) is 54.6 Å². The topological polar surface area (TPSA) is 227 Å². The molecule has 2 aromatic heterocycles. The molecule has 7 aromatic rings. The molecule has 3 N–H and O–H groups in total. The van der Waals surface area contributed by atoms with E-state index in [1.165, 1.54) is 42.4 Å². The van der Waals surface area contributed by atoms with Crippen LogP contribution in [0.5, 0.6) is 17.2 Å². The Labute approximate surface area is 389 Å². The molecule has 5 aromatic carbocycles. The number of carboxylic acid groups (broad SMARTS) is 1. The van der Waals surface area contributed by atoms with Crippen LogP contribution in [0.25, 0.3) is 33.5 Å². The van der Waals surface area contributed by atoms with E-state index in [9.17, 15) is 9.90 Å². The van der Waals surface area contributed by atoms with Crippen molar-refractivity contribution in [1.29, 1.82) is 0 Å². The number of sulfonamides is 1. The Hall–Kier alpha value is -7.03. The number of rotatable bonds is 17. The van der Waals surface area contributed by atoms with Crippen molar-refractivity contribution >= 4 is 42.9 Å². The van der Waals surface area contributed by atoms with Gasteiger partial charge in [-0.15, -0.1) is 10.2 Å². The smallest absolute Gasteiger partial charge is 0.408 e. The first-order valence-electron chi connectivity index (χ1n) is 21.1. The summed E-state index contributed by atoms with van der Waals surface area (Å²) in [6.45, 7) is 6.07. The number of ether oxygens (including phenoxy) is 3. The number of aryl methyl sites for hydroxylation is 1. The number of hydrogen-bond donors (Lipinski definition) is 2. The summed E-state index contributed by atoms with van der Waals surface area (Å²) in [5, 5.41) is 23.8. The Kier molecular flexibility index (Phi) is 13.6. The van der Waals surface area contributed by atoms with Crippen LogP contribution in [0.1, 0.15) is 44.4 Å². The number of methoxy groups -OCH3 is 3. The summed E-state index contributed by atoms with van der Waals surface area (Å²) in [5.74, 6) is 0.923. The summed E-state index contributed by atoms with van der Waals surface area (Å²) in [6.07, 6.45) is -1.34. The van der Waals surface area contributed by atoms with Crippen LogP contribution in [-0.2, 0) is 46.5 Å². The lowest BCUT2D eigenvalue weighted by Crippen LogP contribution is -2.52. The number of para-hydroxylation sites is 1. The highest BCUT2D eigenvalue weighted by molar-refractivity contribution is 7.93. The summed E-state index contributed by atoms with van der Waals surface area (Å²) in [6, 6.07) is 27.7. The second kappa shape index (κ2) is 19.1. The lowest BCUT2D eigenvalue weighted by atomic mass is 9.98. The maximum atomic E-state index is 16.2. The van der Waals surface area contributed by atoms with Crippen LogP contribution in [-0.4, -0.2) is 106 Å². The van der Waals surface area contributed by atoms with Crippen molar-refractivity contribution in [1.82, 2.24) is 39.0 Å². The Morgan fingerprint density at radius 1 is 0.776 bits per heavy atom. The number of aromatic nitrogens is 6. The van der Waals surface area contributed by atoms with Crippen molar-refractivity contribution in [3.05, 3.63) is 120 Å². The Morgan fingerprint density at radius 2 is 1.31 bits per heavy atom. The van der Waals surface area contributed by atoms with Crippen molar-refractivity contribution in [3.8, 4) is 39.8 Å². The number of fused-ring (bicyclic) bond motifs is 1. The molecule has 0 saturated carbocycles. The molecule has 0 saturated heterocycles. The average Bonchev–Trinajstić information content (AvgIpc) is 3.87. The third-order valence-electron chi connectivity index (χ3n) is 11.3. The maximum absolute atomic E-state index is 16.2. The van der Waals surface area contributed by atoms with Gasteiger partial charge >= 0.3 is 6.09 Å². The van der Waals surface area contributed by atoms with Gasteiger partial charge < -0.3 is 29.6 Å². The van der Waals surface area contributed by atoms with E-state index in [1.54, 1.807) is 118 Å². The fraction of sp³-hybridized carbons (Fsp3) is 0.298. The molecular formula is C47H53N9O9S2. The number of amides is 1. The summed E-state index contributed by atoms with van der Waals surface area (Å²) in [7, 11) is -3.36. The van der Waals surface area contributed by atoms with Crippen LogP contribution in [0.3, 0.4) is 0 Å². The molecule has 0 fully saturated rings. The molecular weight excluding hydrogens is 899 g/mol. The van der Waals surface area contributed by atoms with Crippen molar-refractivity contribution in [2.45, 2.75) is 68.7 Å². The largest absolute Gasteiger partial charge is 0.497 e. The van der Waals surface area contributed by atoms with Gasteiger partial charge in [-0.2, -0.15) is 9.10 Å². The number of anilines is 1. The van der Waals surface area contributed by atoms with Gasteiger partial charge in [-0.25, -0.2) is 26.6 Å². The number of nitrogens with zero attached hydrogens (tertiary/aromatic N) is 8. The van der Waals surface area contributed by atoms with E-state index in [2.05, 4.69) is 15.3 Å². The molecule has 0 bridgehead atoms. The van der Waals surface area contributed by atoms with E-state index in [-0.39, 0.29) is 42.5 Å². The van der Waals surface area contributed by atoms with Gasteiger partial charge in [-0.05, 0) is 104 Å². The molecule has 2 heterocycles. The predicted octanol–water partition coefficient (Wildman–Crippen LogP) is 6.88. The van der Waals surface area contributed by atoms with Crippen molar-refractivity contribution in [2.24, 2.45) is 7.05 Å². The van der Waals surface area contributed by atoms with Gasteiger partial charge in [0, 0.05) is 37.3 Å². The van der Waals surface area contributed by atoms with Crippen LogP contribution in [0, 0.1) is 0 Å². The molecule has 0 aliphatic carbocycles. The molecule has 0 unspecified atom stereocenters. The highest BCUT2D eigenvalue weighted by atomic mass is 32.2. The van der Waals surface area contributed by atoms with E-state index < -0.39 is 53.1 Å². The van der Waals surface area contributed by atoms with Crippen LogP contribution < -0.4 is 19.9 Å². The molecule has 0 radical (unpaired) electrons. The van der Waals surface area contributed by atoms with Crippen molar-refractivity contribution < 1.29 is 40.9 Å². The molecule has 352 valence electrons. The molecule has 0 aliphatic rings. The number of hydrogen-bond acceptors (Lipinski definition) is 13. The zero-order valence-electron chi connectivity index (χ0n) is 38.4. The number of imidazole rings is 1. The summed E-state index contributed by atoms with van der Waals surface area (Å²) in [4.78, 5) is 18.4. The third kappa shape index (κ3) is 10.1. The zero-order valence-corrected chi connectivity index (χ0v) is 40.0. The van der Waals surface area contributed by atoms with Gasteiger partial charge in [0.1, 0.15) is 22.1 Å². The minimum Gasteiger partial charge on any atom is -0.497 e. The van der Waals surface area contributed by atoms with Crippen LogP contribution in [0.2, 0.25) is 0 Å². The standard InChI is InChI=1S/C47H53N9O9S2/c1-30(56(46(57)58)47(2,3)4)29-66(59,60)40-25-24-37(38-10-9-11-39-42(38)49-45(48)53(39)5)41(44-50-52-55(51-44)28-33-16-22-36(65-8)23-17-33)43(40)67(61,62)54(26-31-12-18-34(63-6)19-13-31)27-32-14-20-35(64-7)21-15-32/h9-25,30H,26-29H2,1-8H3,(H2,48,49)(H,57,58)/t30-/m0/s1. The van der Waals surface area contributed by atoms with E-state index in [0.717, 1.165) is 10.5 Å². The number of nitrogens with two attached hydrogens (primary N) is 1. The fourth-order valence-corrected chi connectivity index (χ4v) is 12.1. The number of tetrazole rings is 1. The van der Waals surface area contributed by atoms with Crippen LogP contribution in [0.15, 0.2) is 113 Å². The Morgan fingerprint density at radius 3 is 1.82 bits per heavy atom. The van der Waals surface area contributed by atoms with E-state index in [4.69, 9.17) is 25.0 Å². The molecule has 1 atom stereocenters. The average molecular weight is 952 g/mol. The Bertz CT molecular complexity index is 3080. The Balaban J connectivity index is 1.54. The third-order valence-corrected chi connectivity index (χ3v) is 15.3. The lowest BCUT2D eigenvalue weighted by molar-refractivity contribution is 0.0815. The summed E-state index contributed by atoms with van der Waals surface area (Å²) < 4.78 is 81.7. The maximum Gasteiger partial charge on any atom is 0.408 e. The number of nitrogen functional groups attached to an aromatic ring is 1. The molecule has 1 amide bonds. The van der Waals surface area contributed by atoms with Crippen molar-refractivity contribution in [2.75, 3.05) is 32.8 Å². The van der Waals surface area contributed by atoms with Gasteiger partial charge in [0.15, 0.2) is 9.84 Å². The first-order chi connectivity index (χ1) is 31.7. The number of carbonyl (C=O) groups is 1. The predicted molar refractivity (Wildman–Crippen MR) is 253 cm³/mol. The summed E-state index contributed by atoms with van der Waals surface area (Å²) >= 11 is 0. The monoisotopic (exact) mass is 951 g/mol. The normalized spacial score (nSPS) is 12.6. The number of sulfone groups is 1. The van der Waals surface area contributed by atoms with Gasteiger partial charge in [0.25, 0.3) is 0 Å². The van der Waals surface area contributed by atoms with E-state index in [1.807, 2.05) is 12.1 Å². The molecule has 18 nitrogen and oxygen atoms in total. The zero-order chi connectivity index (χ0) is 48.4. The number of benzene rings is 5. The first kappa shape index (κ1) is 47.9. The van der Waals surface area contributed by atoms with Crippen molar-refractivity contribution in [3.63, 3.8) is 0 Å².